The summed E-state index contributed by atoms with van der Waals surface area (Å²) in [6.07, 6.45) is 1.59. The summed E-state index contributed by atoms with van der Waals surface area (Å²) in [6.45, 7) is 5.96. The molecule has 108 valence electrons. The largest absolute Gasteiger partial charge is 0.481 e. The Hall–Kier alpha value is -1.41. The smallest absolute Gasteiger partial charge is 0.308 e. The molecular formula is C12H16N4O2S2. The molecule has 0 unspecified atom stereocenters. The average molecular weight is 312 g/mol. The summed E-state index contributed by atoms with van der Waals surface area (Å²) in [4.78, 5) is 20.2. The van der Waals surface area contributed by atoms with E-state index in [-0.39, 0.29) is 12.5 Å². The van der Waals surface area contributed by atoms with Crippen molar-refractivity contribution in [3.8, 4) is 0 Å². The molecule has 0 aliphatic carbocycles. The number of carbonyl (C=O) groups is 1. The Kier molecular flexibility index (Phi) is 4.77. The lowest BCUT2D eigenvalue weighted by Crippen LogP contribution is -2.07. The quantitative estimate of drug-likeness (QED) is 0.826. The van der Waals surface area contributed by atoms with E-state index in [9.17, 15) is 4.79 Å². The maximum atomic E-state index is 10.7. The predicted molar refractivity (Wildman–Crippen MR) is 78.2 cm³/mol. The van der Waals surface area contributed by atoms with Gasteiger partial charge in [-0.25, -0.2) is 14.6 Å². The maximum absolute atomic E-state index is 10.7. The van der Waals surface area contributed by atoms with Crippen LogP contribution in [0.25, 0.3) is 0 Å². The highest BCUT2D eigenvalue weighted by Crippen LogP contribution is 2.29. The van der Waals surface area contributed by atoms with Gasteiger partial charge in [-0.05, 0) is 20.8 Å². The zero-order chi connectivity index (χ0) is 14.7. The molecule has 0 aliphatic heterocycles. The van der Waals surface area contributed by atoms with Crippen LogP contribution < -0.4 is 0 Å². The molecule has 20 heavy (non-hydrogen) atoms. The van der Waals surface area contributed by atoms with E-state index in [1.807, 2.05) is 11.6 Å². The molecule has 1 N–H and O–H groups in total. The maximum Gasteiger partial charge on any atom is 0.308 e. The molecule has 6 nitrogen and oxygen atoms in total. The summed E-state index contributed by atoms with van der Waals surface area (Å²) in [7, 11) is 0. The fourth-order valence-corrected chi connectivity index (χ4v) is 3.86. The lowest BCUT2D eigenvalue weighted by Gasteiger charge is -2.07. The summed E-state index contributed by atoms with van der Waals surface area (Å²) < 4.78 is 2.75. The van der Waals surface area contributed by atoms with Gasteiger partial charge in [0.15, 0.2) is 4.34 Å². The number of carboxylic acids is 1. The van der Waals surface area contributed by atoms with Crippen LogP contribution in [0.5, 0.6) is 0 Å². The van der Waals surface area contributed by atoms with Gasteiger partial charge in [0, 0.05) is 10.9 Å². The van der Waals surface area contributed by atoms with Crippen molar-refractivity contribution in [1.29, 1.82) is 0 Å². The third kappa shape index (κ3) is 3.57. The minimum Gasteiger partial charge on any atom is -0.481 e. The van der Waals surface area contributed by atoms with Gasteiger partial charge in [-0.2, -0.15) is 5.10 Å². The van der Waals surface area contributed by atoms with Crippen molar-refractivity contribution in [2.45, 2.75) is 43.3 Å². The van der Waals surface area contributed by atoms with Gasteiger partial charge in [-0.1, -0.05) is 11.8 Å². The van der Waals surface area contributed by atoms with Crippen molar-refractivity contribution in [1.82, 2.24) is 19.7 Å². The Morgan fingerprint density at radius 1 is 1.55 bits per heavy atom. The number of aryl methyl sites for hydroxylation is 1. The number of carboxylic acid groups (broad SMARTS) is 1. The number of aliphatic carboxylic acids is 1. The van der Waals surface area contributed by atoms with E-state index in [1.165, 1.54) is 11.3 Å². The number of aromatic nitrogens is 4. The third-order valence-corrected chi connectivity index (χ3v) is 4.94. The predicted octanol–water partition coefficient (Wildman–Crippen LogP) is 2.54. The van der Waals surface area contributed by atoms with Crippen molar-refractivity contribution in [3.63, 3.8) is 0 Å². The number of hydrogen-bond donors (Lipinski definition) is 1. The molecule has 0 spiro atoms. The van der Waals surface area contributed by atoms with Crippen molar-refractivity contribution in [2.24, 2.45) is 0 Å². The highest BCUT2D eigenvalue weighted by atomic mass is 32.2. The molecular weight excluding hydrogens is 296 g/mol. The van der Waals surface area contributed by atoms with Crippen LogP contribution in [0.15, 0.2) is 10.7 Å². The molecule has 0 radical (unpaired) electrons. The normalized spacial score (nSPS) is 11.2. The molecule has 2 aromatic rings. The standard InChI is InChI=1S/C12H16N4O2S2/c1-7(2)16-10(13-6-14-16)5-19-12-15-8(3)9(20-12)4-11(17)18/h6-7H,4-5H2,1-3H3,(H,17,18). The molecule has 8 heteroatoms. The second kappa shape index (κ2) is 6.36. The molecule has 0 fully saturated rings. The van der Waals surface area contributed by atoms with Crippen LogP contribution in [0.4, 0.5) is 0 Å². The number of rotatable bonds is 6. The van der Waals surface area contributed by atoms with E-state index in [2.05, 4.69) is 28.9 Å². The van der Waals surface area contributed by atoms with Crippen LogP contribution in [0, 0.1) is 6.92 Å². The monoisotopic (exact) mass is 312 g/mol. The Bertz CT molecular complexity index is 606. The van der Waals surface area contributed by atoms with Gasteiger partial charge in [-0.15, -0.1) is 11.3 Å². The molecule has 0 bridgehead atoms. The summed E-state index contributed by atoms with van der Waals surface area (Å²) in [5.41, 5.74) is 0.797. The first-order valence-corrected chi connectivity index (χ1v) is 7.97. The molecule has 2 rings (SSSR count). The van der Waals surface area contributed by atoms with E-state index in [0.29, 0.717) is 5.75 Å². The van der Waals surface area contributed by atoms with E-state index in [0.717, 1.165) is 20.7 Å². The SMILES string of the molecule is Cc1nc(SCc2ncnn2C(C)C)sc1CC(=O)O. The van der Waals surface area contributed by atoms with Crippen LogP contribution >= 0.6 is 23.1 Å². The van der Waals surface area contributed by atoms with Gasteiger partial charge < -0.3 is 5.11 Å². The summed E-state index contributed by atoms with van der Waals surface area (Å²) >= 11 is 3.00. The van der Waals surface area contributed by atoms with E-state index < -0.39 is 5.97 Å². The molecule has 0 aliphatic rings. The summed E-state index contributed by atoms with van der Waals surface area (Å²) in [5, 5.41) is 13.0. The molecule has 2 aromatic heterocycles. The fraction of sp³-hybridized carbons (Fsp3) is 0.500. The number of hydrogen-bond acceptors (Lipinski definition) is 6. The second-order valence-electron chi connectivity index (χ2n) is 4.56. The lowest BCUT2D eigenvalue weighted by atomic mass is 10.3. The van der Waals surface area contributed by atoms with Crippen LogP contribution in [0.3, 0.4) is 0 Å². The first-order chi connectivity index (χ1) is 9.47. The topological polar surface area (TPSA) is 80.9 Å². The van der Waals surface area contributed by atoms with Gasteiger partial charge in [-0.3, -0.25) is 4.79 Å². The Labute approximate surface area is 125 Å². The van der Waals surface area contributed by atoms with Crippen molar-refractivity contribution < 1.29 is 9.90 Å². The van der Waals surface area contributed by atoms with Crippen molar-refractivity contribution >= 4 is 29.1 Å². The molecule has 0 aromatic carbocycles. The van der Waals surface area contributed by atoms with Crippen LogP contribution in [0.2, 0.25) is 0 Å². The van der Waals surface area contributed by atoms with Gasteiger partial charge >= 0.3 is 5.97 Å². The molecule has 0 saturated heterocycles. The molecule has 2 heterocycles. The fourth-order valence-electron chi connectivity index (χ4n) is 1.70. The highest BCUT2D eigenvalue weighted by molar-refractivity contribution is 8.00. The number of thiazole rings is 1. The number of thioether (sulfide) groups is 1. The average Bonchev–Trinajstić information content (AvgIpc) is 2.93. The van der Waals surface area contributed by atoms with Crippen LogP contribution in [0.1, 0.15) is 36.3 Å². The van der Waals surface area contributed by atoms with E-state index >= 15 is 0 Å². The second-order valence-corrected chi connectivity index (χ2v) is 6.87. The van der Waals surface area contributed by atoms with E-state index in [4.69, 9.17) is 5.11 Å². The minimum atomic E-state index is -0.826. The molecule has 0 saturated carbocycles. The highest BCUT2D eigenvalue weighted by Gasteiger charge is 2.13. The van der Waals surface area contributed by atoms with Gasteiger partial charge in [0.05, 0.1) is 17.9 Å². The van der Waals surface area contributed by atoms with Crippen molar-refractivity contribution in [2.75, 3.05) is 0 Å². The van der Waals surface area contributed by atoms with Gasteiger partial charge in [0.2, 0.25) is 0 Å². The van der Waals surface area contributed by atoms with Crippen LogP contribution in [-0.2, 0) is 17.0 Å². The lowest BCUT2D eigenvalue weighted by molar-refractivity contribution is -0.136. The Morgan fingerprint density at radius 2 is 2.30 bits per heavy atom. The third-order valence-electron chi connectivity index (χ3n) is 2.65. The zero-order valence-electron chi connectivity index (χ0n) is 11.5. The first-order valence-electron chi connectivity index (χ1n) is 6.16. The first kappa shape index (κ1) is 15.0. The van der Waals surface area contributed by atoms with Gasteiger partial charge in [0.25, 0.3) is 0 Å². The summed E-state index contributed by atoms with van der Waals surface area (Å²) in [6, 6.07) is 0.272. The molecule has 0 atom stereocenters. The van der Waals surface area contributed by atoms with E-state index in [1.54, 1.807) is 18.1 Å². The van der Waals surface area contributed by atoms with Crippen molar-refractivity contribution in [3.05, 3.63) is 22.7 Å². The Morgan fingerprint density at radius 3 is 2.95 bits per heavy atom. The van der Waals surface area contributed by atoms with Crippen LogP contribution in [-0.4, -0.2) is 30.8 Å². The number of nitrogens with zero attached hydrogens (tertiary/aromatic N) is 4. The molecule has 0 amide bonds. The zero-order valence-corrected chi connectivity index (χ0v) is 13.2. The summed E-state index contributed by atoms with van der Waals surface area (Å²) in [5.74, 6) is 0.753. The van der Waals surface area contributed by atoms with Gasteiger partial charge in [0.1, 0.15) is 12.2 Å². The minimum absolute atomic E-state index is 0.0340. The Balaban J connectivity index is 2.04.